The Balaban J connectivity index is 2.00. The van der Waals surface area contributed by atoms with E-state index < -0.39 is 11.7 Å². The Kier molecular flexibility index (Phi) is 3.41. The fraction of sp³-hybridized carbons (Fsp3) is 0.308. The number of carbonyl (C=O) groups is 2. The van der Waals surface area contributed by atoms with Crippen LogP contribution in [0, 0.1) is 0 Å². The largest absolute Gasteiger partial charge is 0.349 e. The van der Waals surface area contributed by atoms with E-state index in [4.69, 9.17) is 0 Å². The van der Waals surface area contributed by atoms with E-state index in [9.17, 15) is 9.59 Å². The van der Waals surface area contributed by atoms with Crippen molar-refractivity contribution in [3.05, 3.63) is 30.1 Å². The van der Waals surface area contributed by atoms with E-state index in [-0.39, 0.29) is 0 Å². The first kappa shape index (κ1) is 12.3. The summed E-state index contributed by atoms with van der Waals surface area (Å²) in [4.78, 5) is 26.1. The lowest BCUT2D eigenvalue weighted by molar-refractivity contribution is -0.136. The van der Waals surface area contributed by atoms with Gasteiger partial charge in [-0.15, -0.1) is 0 Å². The van der Waals surface area contributed by atoms with Crippen molar-refractivity contribution in [1.29, 1.82) is 0 Å². The van der Waals surface area contributed by atoms with Gasteiger partial charge in [-0.2, -0.15) is 0 Å². The van der Waals surface area contributed by atoms with E-state index >= 15 is 0 Å². The van der Waals surface area contributed by atoms with E-state index in [1.54, 1.807) is 6.33 Å². The van der Waals surface area contributed by atoms with Crippen molar-refractivity contribution < 1.29 is 9.59 Å². The van der Waals surface area contributed by atoms with Gasteiger partial charge >= 0.3 is 0 Å². The highest BCUT2D eigenvalue weighted by atomic mass is 16.2. The molecular formula is C13H15N3O2. The summed E-state index contributed by atoms with van der Waals surface area (Å²) < 4.78 is 1.95. The van der Waals surface area contributed by atoms with Crippen molar-refractivity contribution in [2.75, 3.05) is 6.54 Å². The van der Waals surface area contributed by atoms with Gasteiger partial charge in [-0.1, -0.05) is 6.07 Å². The van der Waals surface area contributed by atoms with Crippen LogP contribution in [0.15, 0.2) is 24.5 Å². The lowest BCUT2D eigenvalue weighted by atomic mass is 10.1. The minimum atomic E-state index is -0.533. The van der Waals surface area contributed by atoms with E-state index in [0.717, 1.165) is 16.6 Å². The third kappa shape index (κ3) is 2.56. The molecule has 5 heteroatoms. The van der Waals surface area contributed by atoms with Gasteiger partial charge in [-0.3, -0.25) is 9.59 Å². The van der Waals surface area contributed by atoms with Gasteiger partial charge in [0.1, 0.15) is 0 Å². The van der Waals surface area contributed by atoms with Crippen LogP contribution in [-0.4, -0.2) is 27.8 Å². The zero-order valence-corrected chi connectivity index (χ0v) is 10.4. The highest BCUT2D eigenvalue weighted by molar-refractivity contribution is 6.35. The zero-order valence-electron chi connectivity index (χ0n) is 10.4. The first-order valence-electron chi connectivity index (χ1n) is 5.76. The number of hydrogen-bond acceptors (Lipinski definition) is 3. The number of benzene rings is 1. The molecule has 1 aromatic carbocycles. The maximum absolute atomic E-state index is 11.1. The molecule has 1 amide bonds. The smallest absolute Gasteiger partial charge is 0.287 e. The number of aryl methyl sites for hydroxylation is 1. The second-order valence-corrected chi connectivity index (χ2v) is 4.24. The van der Waals surface area contributed by atoms with Crippen molar-refractivity contribution in [2.45, 2.75) is 13.3 Å². The number of ketones is 1. The Morgan fingerprint density at radius 3 is 2.89 bits per heavy atom. The maximum atomic E-state index is 11.1. The number of rotatable bonds is 4. The number of nitrogens with one attached hydrogen (secondary N) is 1. The number of Topliss-reactive ketones (excluding diaryl/α,β-unsaturated/α-hetero) is 1. The monoisotopic (exact) mass is 245 g/mol. The van der Waals surface area contributed by atoms with Gasteiger partial charge in [0.15, 0.2) is 0 Å². The van der Waals surface area contributed by atoms with Gasteiger partial charge in [-0.25, -0.2) is 4.98 Å². The van der Waals surface area contributed by atoms with Crippen molar-refractivity contribution >= 4 is 22.7 Å². The molecule has 0 spiro atoms. The molecule has 0 radical (unpaired) electrons. The van der Waals surface area contributed by atoms with Gasteiger partial charge in [-0.05, 0) is 24.1 Å². The number of nitrogens with zero attached hydrogens (tertiary/aromatic N) is 2. The Morgan fingerprint density at radius 2 is 2.17 bits per heavy atom. The summed E-state index contributed by atoms with van der Waals surface area (Å²) in [6, 6.07) is 6.00. The van der Waals surface area contributed by atoms with Crippen molar-refractivity contribution in [3.63, 3.8) is 0 Å². The summed E-state index contributed by atoms with van der Waals surface area (Å²) in [5.74, 6) is -0.996. The van der Waals surface area contributed by atoms with Crippen molar-refractivity contribution in [1.82, 2.24) is 14.9 Å². The lowest BCUT2D eigenvalue weighted by Crippen LogP contribution is -2.30. The summed E-state index contributed by atoms with van der Waals surface area (Å²) in [5, 5.41) is 2.57. The Hall–Kier alpha value is -2.17. The van der Waals surface area contributed by atoms with E-state index in [2.05, 4.69) is 10.3 Å². The maximum Gasteiger partial charge on any atom is 0.287 e. The molecule has 2 rings (SSSR count). The van der Waals surface area contributed by atoms with Crippen LogP contribution in [0.1, 0.15) is 12.5 Å². The summed E-state index contributed by atoms with van der Waals surface area (Å²) in [5.41, 5.74) is 3.10. The average molecular weight is 245 g/mol. The molecule has 0 aliphatic heterocycles. The number of carbonyl (C=O) groups excluding carboxylic acids is 2. The summed E-state index contributed by atoms with van der Waals surface area (Å²) >= 11 is 0. The zero-order chi connectivity index (χ0) is 13.1. The predicted octanol–water partition coefficient (Wildman–Crippen LogP) is 0.821. The van der Waals surface area contributed by atoms with Gasteiger partial charge in [0, 0.05) is 20.5 Å². The van der Waals surface area contributed by atoms with Crippen LogP contribution in [-0.2, 0) is 23.1 Å². The molecule has 94 valence electrons. The molecule has 1 heterocycles. The number of fused-ring (bicyclic) bond motifs is 1. The van der Waals surface area contributed by atoms with Crippen LogP contribution in [0.3, 0.4) is 0 Å². The second-order valence-electron chi connectivity index (χ2n) is 4.24. The third-order valence-electron chi connectivity index (χ3n) is 2.81. The summed E-state index contributed by atoms with van der Waals surface area (Å²) in [6.07, 6.45) is 2.46. The van der Waals surface area contributed by atoms with Gasteiger partial charge in [0.05, 0.1) is 17.4 Å². The standard InChI is InChI=1S/C13H15N3O2/c1-9(17)13(18)14-6-5-10-3-4-12-11(7-10)15-8-16(12)2/h3-4,7-8H,5-6H2,1-2H3,(H,14,18). The number of hydrogen-bond donors (Lipinski definition) is 1. The molecule has 0 saturated heterocycles. The minimum absolute atomic E-state index is 0.455. The second kappa shape index (κ2) is 5.00. The molecule has 0 aliphatic rings. The molecule has 0 saturated carbocycles. The molecular weight excluding hydrogens is 230 g/mol. The van der Waals surface area contributed by atoms with Gasteiger partial charge in [0.2, 0.25) is 5.78 Å². The van der Waals surface area contributed by atoms with Crippen LogP contribution < -0.4 is 5.32 Å². The van der Waals surface area contributed by atoms with Crippen LogP contribution >= 0.6 is 0 Å². The fourth-order valence-corrected chi connectivity index (χ4v) is 1.78. The molecule has 0 fully saturated rings. The molecule has 0 atom stereocenters. The molecule has 0 bridgehead atoms. The van der Waals surface area contributed by atoms with Gasteiger partial charge < -0.3 is 9.88 Å². The van der Waals surface area contributed by atoms with Crippen LogP contribution in [0.25, 0.3) is 11.0 Å². The minimum Gasteiger partial charge on any atom is -0.349 e. The summed E-state index contributed by atoms with van der Waals surface area (Å²) in [6.45, 7) is 1.71. The predicted molar refractivity (Wildman–Crippen MR) is 68.1 cm³/mol. The Morgan fingerprint density at radius 1 is 1.39 bits per heavy atom. The number of amides is 1. The molecule has 5 nitrogen and oxygen atoms in total. The molecule has 0 unspecified atom stereocenters. The van der Waals surface area contributed by atoms with Crippen LogP contribution in [0.2, 0.25) is 0 Å². The normalized spacial score (nSPS) is 10.6. The average Bonchev–Trinajstić information content (AvgIpc) is 2.70. The Bertz CT molecular complexity index is 601. The van der Waals surface area contributed by atoms with E-state index in [1.165, 1.54) is 6.92 Å². The van der Waals surface area contributed by atoms with E-state index in [1.807, 2.05) is 29.8 Å². The van der Waals surface area contributed by atoms with Gasteiger partial charge in [0.25, 0.3) is 5.91 Å². The quantitative estimate of drug-likeness (QED) is 0.811. The SMILES string of the molecule is CC(=O)C(=O)NCCc1ccc2c(c1)ncn2C. The molecule has 2 aromatic rings. The number of imidazole rings is 1. The van der Waals surface area contributed by atoms with Crippen molar-refractivity contribution in [3.8, 4) is 0 Å². The van der Waals surface area contributed by atoms with Crippen LogP contribution in [0.5, 0.6) is 0 Å². The topological polar surface area (TPSA) is 64.0 Å². The molecule has 0 aliphatic carbocycles. The summed E-state index contributed by atoms with van der Waals surface area (Å²) in [7, 11) is 1.95. The fourth-order valence-electron chi connectivity index (χ4n) is 1.78. The lowest BCUT2D eigenvalue weighted by Gasteiger charge is -2.03. The van der Waals surface area contributed by atoms with Crippen molar-refractivity contribution in [2.24, 2.45) is 7.05 Å². The Labute approximate surface area is 105 Å². The first-order valence-corrected chi connectivity index (χ1v) is 5.76. The molecule has 1 aromatic heterocycles. The molecule has 18 heavy (non-hydrogen) atoms. The third-order valence-corrected chi connectivity index (χ3v) is 2.81. The van der Waals surface area contributed by atoms with E-state index in [0.29, 0.717) is 13.0 Å². The van der Waals surface area contributed by atoms with Crippen LogP contribution in [0.4, 0.5) is 0 Å². The highest BCUT2D eigenvalue weighted by Crippen LogP contribution is 2.13. The molecule has 1 N–H and O–H groups in total. The highest BCUT2D eigenvalue weighted by Gasteiger charge is 2.06. The first-order chi connectivity index (χ1) is 8.58. The number of aromatic nitrogens is 2.